The molecule has 0 saturated carbocycles. The quantitative estimate of drug-likeness (QED) is 0.499. The number of carbonyl (C=O) groups excluding carboxylic acids is 1. The lowest BCUT2D eigenvalue weighted by atomic mass is 10.00. The number of hydrogen-bond donors (Lipinski definition) is 1. The Morgan fingerprint density at radius 2 is 1.78 bits per heavy atom. The molecule has 3 aromatic carbocycles. The van der Waals surface area contributed by atoms with Gasteiger partial charge in [-0.1, -0.05) is 36.4 Å². The second-order valence-corrected chi connectivity index (χ2v) is 7.60. The summed E-state index contributed by atoms with van der Waals surface area (Å²) in [6, 6.07) is 25.0. The number of aromatic nitrogens is 2. The highest BCUT2D eigenvalue weighted by molar-refractivity contribution is 6.00. The maximum Gasteiger partial charge on any atom is 0.255 e. The van der Waals surface area contributed by atoms with Crippen molar-refractivity contribution < 1.29 is 14.3 Å². The van der Waals surface area contributed by atoms with Gasteiger partial charge in [0.15, 0.2) is 0 Å². The molecule has 6 nitrogen and oxygen atoms in total. The van der Waals surface area contributed by atoms with Gasteiger partial charge in [-0.15, -0.1) is 0 Å². The van der Waals surface area contributed by atoms with Gasteiger partial charge in [0.25, 0.3) is 5.91 Å². The van der Waals surface area contributed by atoms with Gasteiger partial charge in [0, 0.05) is 23.7 Å². The average molecular weight is 425 g/mol. The predicted octanol–water partition coefficient (Wildman–Crippen LogP) is 4.80. The minimum absolute atomic E-state index is 0.115. The van der Waals surface area contributed by atoms with E-state index in [1.54, 1.807) is 18.0 Å². The van der Waals surface area contributed by atoms with Crippen LogP contribution in [0.25, 0.3) is 16.9 Å². The average Bonchev–Trinajstić information content (AvgIpc) is 3.31. The lowest BCUT2D eigenvalue weighted by Gasteiger charge is -2.26. The predicted molar refractivity (Wildman–Crippen MR) is 122 cm³/mol. The van der Waals surface area contributed by atoms with E-state index in [1.165, 1.54) is 0 Å². The Kier molecular flexibility index (Phi) is 5.34. The number of nitrogens with zero attached hydrogens (tertiary/aromatic N) is 2. The van der Waals surface area contributed by atoms with Gasteiger partial charge in [-0.25, -0.2) is 4.68 Å². The SMILES string of the molecule is COc1ccc(-c2nn(-c3ccccc3)cc2C(=O)N[C@@H]2CCOc3ccccc32)cc1. The smallest absolute Gasteiger partial charge is 0.255 e. The highest BCUT2D eigenvalue weighted by Gasteiger charge is 2.26. The molecule has 6 heteroatoms. The topological polar surface area (TPSA) is 65.4 Å². The van der Waals surface area contributed by atoms with Gasteiger partial charge in [0.2, 0.25) is 0 Å². The molecule has 1 aromatic heterocycles. The van der Waals surface area contributed by atoms with Crippen molar-refractivity contribution in [1.82, 2.24) is 15.1 Å². The molecule has 32 heavy (non-hydrogen) atoms. The number of fused-ring (bicyclic) bond motifs is 1. The Labute approximate surface area is 186 Å². The van der Waals surface area contributed by atoms with E-state index >= 15 is 0 Å². The van der Waals surface area contributed by atoms with Crippen molar-refractivity contribution in [2.24, 2.45) is 0 Å². The summed E-state index contributed by atoms with van der Waals surface area (Å²) in [5.41, 5.74) is 3.86. The van der Waals surface area contributed by atoms with Crippen LogP contribution in [0.5, 0.6) is 11.5 Å². The van der Waals surface area contributed by atoms with Crippen LogP contribution in [0.1, 0.15) is 28.4 Å². The van der Waals surface area contributed by atoms with E-state index in [4.69, 9.17) is 14.6 Å². The summed E-state index contributed by atoms with van der Waals surface area (Å²) in [5.74, 6) is 1.40. The molecule has 2 heterocycles. The molecular weight excluding hydrogens is 402 g/mol. The molecule has 1 amide bonds. The van der Waals surface area contributed by atoms with Crippen molar-refractivity contribution in [3.05, 3.63) is 96.2 Å². The summed E-state index contributed by atoms with van der Waals surface area (Å²) in [6.45, 7) is 0.566. The van der Waals surface area contributed by atoms with Gasteiger partial charge in [-0.2, -0.15) is 5.10 Å². The second kappa shape index (κ2) is 8.59. The number of hydrogen-bond acceptors (Lipinski definition) is 4. The number of benzene rings is 3. The van der Waals surface area contributed by atoms with Crippen molar-refractivity contribution in [2.45, 2.75) is 12.5 Å². The molecule has 1 aliphatic rings. The molecule has 0 bridgehead atoms. The first-order valence-corrected chi connectivity index (χ1v) is 10.5. The Bertz CT molecular complexity index is 1230. The van der Waals surface area contributed by atoms with E-state index in [-0.39, 0.29) is 11.9 Å². The van der Waals surface area contributed by atoms with Crippen LogP contribution in [0, 0.1) is 0 Å². The molecule has 0 saturated heterocycles. The van der Waals surface area contributed by atoms with Gasteiger partial charge in [0.05, 0.1) is 31.0 Å². The van der Waals surface area contributed by atoms with E-state index in [1.807, 2.05) is 78.9 Å². The zero-order valence-corrected chi connectivity index (χ0v) is 17.7. The lowest BCUT2D eigenvalue weighted by Crippen LogP contribution is -2.32. The van der Waals surface area contributed by atoms with Gasteiger partial charge in [-0.3, -0.25) is 4.79 Å². The third-order valence-electron chi connectivity index (χ3n) is 5.61. The Hall–Kier alpha value is -4.06. The van der Waals surface area contributed by atoms with Crippen LogP contribution < -0.4 is 14.8 Å². The van der Waals surface area contributed by atoms with Crippen molar-refractivity contribution in [3.63, 3.8) is 0 Å². The second-order valence-electron chi connectivity index (χ2n) is 7.60. The number of carbonyl (C=O) groups is 1. The van der Waals surface area contributed by atoms with Crippen molar-refractivity contribution in [1.29, 1.82) is 0 Å². The summed E-state index contributed by atoms with van der Waals surface area (Å²) in [7, 11) is 1.63. The highest BCUT2D eigenvalue weighted by Crippen LogP contribution is 2.32. The standard InChI is InChI=1S/C26H23N3O3/c1-31-20-13-11-18(12-14-20)25-22(17-29(28-25)19-7-3-2-4-8-19)26(30)27-23-15-16-32-24-10-6-5-9-21(23)24/h2-14,17,23H,15-16H2,1H3,(H,27,30)/t23-/m1/s1. The molecule has 0 aliphatic carbocycles. The van der Waals surface area contributed by atoms with E-state index in [0.29, 0.717) is 24.3 Å². The van der Waals surface area contributed by atoms with Crippen LogP contribution in [-0.4, -0.2) is 29.4 Å². The monoisotopic (exact) mass is 425 g/mol. The number of nitrogens with one attached hydrogen (secondary N) is 1. The number of para-hydroxylation sites is 2. The Morgan fingerprint density at radius 3 is 2.56 bits per heavy atom. The normalized spacial score (nSPS) is 14.8. The number of amides is 1. The third kappa shape index (κ3) is 3.83. The maximum absolute atomic E-state index is 13.5. The molecule has 1 aliphatic heterocycles. The van der Waals surface area contributed by atoms with E-state index in [9.17, 15) is 4.79 Å². The summed E-state index contributed by atoms with van der Waals surface area (Å²) >= 11 is 0. The first-order chi connectivity index (χ1) is 15.7. The van der Waals surface area contributed by atoms with Gasteiger partial charge in [0.1, 0.15) is 17.2 Å². The van der Waals surface area contributed by atoms with Crippen molar-refractivity contribution in [3.8, 4) is 28.4 Å². The van der Waals surface area contributed by atoms with Gasteiger partial charge in [-0.05, 0) is 42.5 Å². The molecule has 0 spiro atoms. The number of rotatable bonds is 5. The summed E-state index contributed by atoms with van der Waals surface area (Å²) in [4.78, 5) is 13.5. The molecular formula is C26H23N3O3. The molecule has 0 radical (unpaired) electrons. The first kappa shape index (κ1) is 19.9. The van der Waals surface area contributed by atoms with Gasteiger partial charge >= 0.3 is 0 Å². The van der Waals surface area contributed by atoms with Crippen LogP contribution in [0.4, 0.5) is 0 Å². The van der Waals surface area contributed by atoms with Crippen LogP contribution in [0.15, 0.2) is 85.1 Å². The molecule has 0 unspecified atom stereocenters. The summed E-state index contributed by atoms with van der Waals surface area (Å²) < 4.78 is 12.8. The molecule has 1 N–H and O–H groups in total. The molecule has 4 aromatic rings. The first-order valence-electron chi connectivity index (χ1n) is 10.5. The van der Waals surface area contributed by atoms with E-state index in [0.717, 1.165) is 28.3 Å². The lowest BCUT2D eigenvalue weighted by molar-refractivity contribution is 0.0925. The Morgan fingerprint density at radius 1 is 1.03 bits per heavy atom. The zero-order valence-electron chi connectivity index (χ0n) is 17.7. The highest BCUT2D eigenvalue weighted by atomic mass is 16.5. The van der Waals surface area contributed by atoms with Crippen LogP contribution in [-0.2, 0) is 0 Å². The fourth-order valence-electron chi connectivity index (χ4n) is 3.94. The molecule has 1 atom stereocenters. The minimum atomic E-state index is -0.167. The summed E-state index contributed by atoms with van der Waals surface area (Å²) in [6.07, 6.45) is 2.50. The third-order valence-corrected chi connectivity index (χ3v) is 5.61. The minimum Gasteiger partial charge on any atom is -0.497 e. The fourth-order valence-corrected chi connectivity index (χ4v) is 3.94. The van der Waals surface area contributed by atoms with Crippen molar-refractivity contribution in [2.75, 3.05) is 13.7 Å². The largest absolute Gasteiger partial charge is 0.497 e. The van der Waals surface area contributed by atoms with Crippen LogP contribution in [0.2, 0.25) is 0 Å². The Balaban J connectivity index is 1.52. The van der Waals surface area contributed by atoms with Crippen LogP contribution in [0.3, 0.4) is 0 Å². The molecule has 0 fully saturated rings. The zero-order chi connectivity index (χ0) is 21.9. The van der Waals surface area contributed by atoms with E-state index < -0.39 is 0 Å². The summed E-state index contributed by atoms with van der Waals surface area (Å²) in [5, 5.41) is 7.95. The van der Waals surface area contributed by atoms with Crippen LogP contribution >= 0.6 is 0 Å². The number of ether oxygens (including phenoxy) is 2. The fraction of sp³-hybridized carbons (Fsp3) is 0.154. The van der Waals surface area contributed by atoms with Crippen molar-refractivity contribution >= 4 is 5.91 Å². The molecule has 160 valence electrons. The number of methoxy groups -OCH3 is 1. The van der Waals surface area contributed by atoms with Gasteiger partial charge < -0.3 is 14.8 Å². The van der Waals surface area contributed by atoms with E-state index in [2.05, 4.69) is 5.32 Å². The maximum atomic E-state index is 13.5. The molecule has 5 rings (SSSR count).